The van der Waals surface area contributed by atoms with Crippen molar-refractivity contribution in [1.29, 1.82) is 0 Å². The lowest BCUT2D eigenvalue weighted by atomic mass is 10.2. The molecule has 1 N–H and O–H groups in total. The molecule has 0 fully saturated rings. The summed E-state index contributed by atoms with van der Waals surface area (Å²) in [4.78, 5) is 14.0. The lowest BCUT2D eigenvalue weighted by Crippen LogP contribution is -2.39. The maximum Gasteiger partial charge on any atom is 0.232 e. The molecule has 0 atom stereocenters. The van der Waals surface area contributed by atoms with E-state index in [-0.39, 0.29) is 18.6 Å². The van der Waals surface area contributed by atoms with E-state index in [9.17, 15) is 4.79 Å². The zero-order valence-corrected chi connectivity index (χ0v) is 13.6. The Hall–Kier alpha value is -0.710. The second-order valence-electron chi connectivity index (χ2n) is 4.88. The van der Waals surface area contributed by atoms with Crippen LogP contribution in [0.3, 0.4) is 0 Å². The molecule has 0 aromatic heterocycles. The van der Waals surface area contributed by atoms with Crippen molar-refractivity contribution in [3.63, 3.8) is 0 Å². The van der Waals surface area contributed by atoms with E-state index in [0.29, 0.717) is 18.7 Å². The number of aliphatic hydroxyl groups is 1. The summed E-state index contributed by atoms with van der Waals surface area (Å²) in [5.41, 5.74) is 1.17. The van der Waals surface area contributed by atoms with Gasteiger partial charge in [-0.25, -0.2) is 0 Å². The second-order valence-corrected chi connectivity index (χ2v) is 6.30. The van der Waals surface area contributed by atoms with Crippen LogP contribution in [0, 0.1) is 0 Å². The SMILES string of the molecule is CC(C)N(CCCO)C(=O)CSCc1ccc(Cl)cc1. The summed E-state index contributed by atoms with van der Waals surface area (Å²) in [5.74, 6) is 1.40. The van der Waals surface area contributed by atoms with Crippen molar-refractivity contribution in [2.24, 2.45) is 0 Å². The molecule has 0 radical (unpaired) electrons. The Morgan fingerprint density at radius 1 is 1.35 bits per heavy atom. The van der Waals surface area contributed by atoms with Gasteiger partial charge in [0.15, 0.2) is 0 Å². The fourth-order valence-corrected chi connectivity index (χ4v) is 2.83. The highest BCUT2D eigenvalue weighted by Crippen LogP contribution is 2.16. The standard InChI is InChI=1S/C15H22ClNO2S/c1-12(2)17(8-3-9-18)15(19)11-20-10-13-4-6-14(16)7-5-13/h4-7,12,18H,3,8-11H2,1-2H3. The van der Waals surface area contributed by atoms with Gasteiger partial charge in [-0.1, -0.05) is 23.7 Å². The van der Waals surface area contributed by atoms with E-state index in [4.69, 9.17) is 16.7 Å². The maximum absolute atomic E-state index is 12.1. The minimum atomic E-state index is 0.119. The van der Waals surface area contributed by atoms with Gasteiger partial charge in [0.2, 0.25) is 5.91 Å². The molecule has 0 aliphatic carbocycles. The first kappa shape index (κ1) is 17.3. The van der Waals surface area contributed by atoms with Gasteiger partial charge in [0.1, 0.15) is 0 Å². The Balaban J connectivity index is 2.38. The van der Waals surface area contributed by atoms with Crippen molar-refractivity contribution < 1.29 is 9.90 Å². The molecular formula is C15H22ClNO2S. The third-order valence-electron chi connectivity index (χ3n) is 2.91. The van der Waals surface area contributed by atoms with E-state index in [0.717, 1.165) is 10.8 Å². The summed E-state index contributed by atoms with van der Waals surface area (Å²) in [6.07, 6.45) is 0.631. The van der Waals surface area contributed by atoms with Gasteiger partial charge in [-0.2, -0.15) is 0 Å². The summed E-state index contributed by atoms with van der Waals surface area (Å²) in [5, 5.41) is 9.60. The fourth-order valence-electron chi connectivity index (χ4n) is 1.83. The van der Waals surface area contributed by atoms with Crippen LogP contribution in [0.4, 0.5) is 0 Å². The van der Waals surface area contributed by atoms with Crippen LogP contribution < -0.4 is 0 Å². The largest absolute Gasteiger partial charge is 0.396 e. The number of rotatable bonds is 8. The summed E-state index contributed by atoms with van der Waals surface area (Å²) >= 11 is 7.44. The van der Waals surface area contributed by atoms with Gasteiger partial charge in [-0.3, -0.25) is 4.79 Å². The molecule has 0 unspecified atom stereocenters. The number of carbonyl (C=O) groups excluding carboxylic acids is 1. The lowest BCUT2D eigenvalue weighted by Gasteiger charge is -2.26. The van der Waals surface area contributed by atoms with Gasteiger partial charge in [-0.05, 0) is 38.0 Å². The molecule has 0 bridgehead atoms. The number of aliphatic hydroxyl groups excluding tert-OH is 1. The maximum atomic E-state index is 12.1. The van der Waals surface area contributed by atoms with Crippen molar-refractivity contribution in [3.8, 4) is 0 Å². The molecule has 3 nitrogen and oxygen atoms in total. The van der Waals surface area contributed by atoms with E-state index < -0.39 is 0 Å². The van der Waals surface area contributed by atoms with Crippen LogP contribution in [0.25, 0.3) is 0 Å². The Bertz CT molecular complexity index is 409. The van der Waals surface area contributed by atoms with Crippen LogP contribution in [-0.4, -0.2) is 40.9 Å². The number of hydrogen-bond acceptors (Lipinski definition) is 3. The number of amides is 1. The topological polar surface area (TPSA) is 40.5 Å². The van der Waals surface area contributed by atoms with E-state index in [1.165, 1.54) is 5.56 Å². The number of carbonyl (C=O) groups is 1. The molecule has 1 aromatic carbocycles. The first-order chi connectivity index (χ1) is 9.54. The van der Waals surface area contributed by atoms with Gasteiger partial charge >= 0.3 is 0 Å². The Morgan fingerprint density at radius 2 is 2.00 bits per heavy atom. The predicted molar refractivity (Wildman–Crippen MR) is 86.2 cm³/mol. The quantitative estimate of drug-likeness (QED) is 0.801. The van der Waals surface area contributed by atoms with Crippen LogP contribution in [0.15, 0.2) is 24.3 Å². The summed E-state index contributed by atoms with van der Waals surface area (Å²) < 4.78 is 0. The molecule has 0 spiro atoms. The van der Waals surface area contributed by atoms with Crippen molar-refractivity contribution in [2.75, 3.05) is 18.9 Å². The zero-order valence-electron chi connectivity index (χ0n) is 12.0. The molecule has 20 heavy (non-hydrogen) atoms. The highest BCUT2D eigenvalue weighted by molar-refractivity contribution is 7.99. The lowest BCUT2D eigenvalue weighted by molar-refractivity contribution is -0.130. The molecule has 1 amide bonds. The molecule has 1 rings (SSSR count). The van der Waals surface area contributed by atoms with Crippen molar-refractivity contribution in [3.05, 3.63) is 34.9 Å². The van der Waals surface area contributed by atoms with E-state index in [1.54, 1.807) is 11.8 Å². The van der Waals surface area contributed by atoms with Crippen LogP contribution in [-0.2, 0) is 10.5 Å². The highest BCUT2D eigenvalue weighted by atomic mass is 35.5. The van der Waals surface area contributed by atoms with Crippen LogP contribution >= 0.6 is 23.4 Å². The van der Waals surface area contributed by atoms with Crippen molar-refractivity contribution >= 4 is 29.3 Å². The number of thioether (sulfide) groups is 1. The van der Waals surface area contributed by atoms with Crippen molar-refractivity contribution in [1.82, 2.24) is 4.90 Å². The average molecular weight is 316 g/mol. The average Bonchev–Trinajstić information content (AvgIpc) is 2.41. The van der Waals surface area contributed by atoms with Gasteiger partial charge in [-0.15, -0.1) is 11.8 Å². The second kappa shape index (κ2) is 9.27. The van der Waals surface area contributed by atoms with Crippen LogP contribution in [0.2, 0.25) is 5.02 Å². The van der Waals surface area contributed by atoms with Gasteiger partial charge in [0.05, 0.1) is 5.75 Å². The summed E-state index contributed by atoms with van der Waals surface area (Å²) in [6.45, 7) is 4.74. The summed E-state index contributed by atoms with van der Waals surface area (Å²) in [7, 11) is 0. The van der Waals surface area contributed by atoms with Gasteiger partial charge < -0.3 is 10.0 Å². The van der Waals surface area contributed by atoms with E-state index in [2.05, 4.69) is 0 Å². The number of nitrogens with zero attached hydrogens (tertiary/aromatic N) is 1. The molecule has 112 valence electrons. The fraction of sp³-hybridized carbons (Fsp3) is 0.533. The molecule has 0 aliphatic heterocycles. The number of hydrogen-bond donors (Lipinski definition) is 1. The monoisotopic (exact) mass is 315 g/mol. The van der Waals surface area contributed by atoms with E-state index in [1.807, 2.05) is 43.0 Å². The Labute approximate surface area is 130 Å². The third kappa shape index (κ3) is 6.16. The first-order valence-corrected chi connectivity index (χ1v) is 8.30. The molecule has 1 aromatic rings. The minimum absolute atomic E-state index is 0.119. The Morgan fingerprint density at radius 3 is 2.55 bits per heavy atom. The van der Waals surface area contributed by atoms with Gasteiger partial charge in [0, 0.05) is 30.0 Å². The minimum Gasteiger partial charge on any atom is -0.396 e. The molecule has 0 heterocycles. The molecule has 0 saturated carbocycles. The number of halogens is 1. The molecular weight excluding hydrogens is 294 g/mol. The summed E-state index contributed by atoms with van der Waals surface area (Å²) in [6, 6.07) is 7.85. The molecule has 5 heteroatoms. The van der Waals surface area contributed by atoms with E-state index >= 15 is 0 Å². The Kier molecular flexibility index (Phi) is 8.04. The molecule has 0 saturated heterocycles. The first-order valence-electron chi connectivity index (χ1n) is 6.77. The van der Waals surface area contributed by atoms with Crippen LogP contribution in [0.1, 0.15) is 25.8 Å². The third-order valence-corrected chi connectivity index (χ3v) is 4.15. The smallest absolute Gasteiger partial charge is 0.232 e. The van der Waals surface area contributed by atoms with Crippen molar-refractivity contribution in [2.45, 2.75) is 32.1 Å². The van der Waals surface area contributed by atoms with Crippen LogP contribution in [0.5, 0.6) is 0 Å². The zero-order chi connectivity index (χ0) is 15.0. The predicted octanol–water partition coefficient (Wildman–Crippen LogP) is 3.19. The highest BCUT2D eigenvalue weighted by Gasteiger charge is 2.16. The molecule has 0 aliphatic rings. The van der Waals surface area contributed by atoms with Gasteiger partial charge in [0.25, 0.3) is 0 Å². The number of benzene rings is 1. The normalized spacial score (nSPS) is 10.8.